The van der Waals surface area contributed by atoms with Gasteiger partial charge in [-0.2, -0.15) is 0 Å². The molecule has 0 heterocycles. The summed E-state index contributed by atoms with van der Waals surface area (Å²) in [5.41, 5.74) is 1.11. The number of phenols is 1. The van der Waals surface area contributed by atoms with Crippen LogP contribution in [-0.2, 0) is 10.0 Å². The highest BCUT2D eigenvalue weighted by molar-refractivity contribution is 7.92. The van der Waals surface area contributed by atoms with Gasteiger partial charge in [0.25, 0.3) is 0 Å². The largest absolute Gasteiger partial charge is 0.506 e. The Morgan fingerprint density at radius 1 is 0.973 bits per heavy atom. The third kappa shape index (κ3) is 7.67. The maximum atomic E-state index is 11.6. The van der Waals surface area contributed by atoms with Crippen molar-refractivity contribution in [3.8, 4) is 22.6 Å². The van der Waals surface area contributed by atoms with Crippen LogP contribution >= 0.6 is 0 Å². The lowest BCUT2D eigenvalue weighted by Gasteiger charge is -2.15. The van der Waals surface area contributed by atoms with Crippen molar-refractivity contribution in [3.63, 3.8) is 0 Å². The number of benzene rings is 3. The molecule has 196 valence electrons. The lowest BCUT2D eigenvalue weighted by molar-refractivity contribution is 0.0696. The standard InChI is InChI=1S/C25H26N2O9S/c1-37(34,35)27-21-13-16(5-9-22(21)28)23(29)14-26-10-11-36-18-6-2-15(3-7-18)19-8-4-17(24(30)31)12-20(19)25(32)33/h2-9,12-13,23,26-29H,10-11,14H2,1H3,(H,30,31)(H,32,33). The van der Waals surface area contributed by atoms with Crippen LogP contribution in [0.15, 0.2) is 60.7 Å². The van der Waals surface area contributed by atoms with Crippen LogP contribution in [0.25, 0.3) is 11.1 Å². The van der Waals surface area contributed by atoms with Gasteiger partial charge >= 0.3 is 11.9 Å². The minimum Gasteiger partial charge on any atom is -0.506 e. The first-order valence-corrected chi connectivity index (χ1v) is 12.9. The van der Waals surface area contributed by atoms with E-state index < -0.39 is 28.1 Å². The normalized spacial score (nSPS) is 12.1. The molecule has 3 aromatic rings. The van der Waals surface area contributed by atoms with E-state index in [0.29, 0.717) is 29.0 Å². The van der Waals surface area contributed by atoms with E-state index in [2.05, 4.69) is 10.0 Å². The average molecular weight is 531 g/mol. The zero-order valence-electron chi connectivity index (χ0n) is 19.7. The zero-order chi connectivity index (χ0) is 27.2. The lowest BCUT2D eigenvalue weighted by atomic mass is 9.97. The number of anilines is 1. The Labute approximate surface area is 213 Å². The van der Waals surface area contributed by atoms with Gasteiger partial charge in [-0.25, -0.2) is 18.0 Å². The molecule has 0 amide bonds. The molecule has 0 aliphatic rings. The first kappa shape index (κ1) is 27.5. The second kappa shape index (κ2) is 11.7. The van der Waals surface area contributed by atoms with E-state index in [4.69, 9.17) is 9.84 Å². The van der Waals surface area contributed by atoms with E-state index in [1.54, 1.807) is 24.3 Å². The Kier molecular flexibility index (Phi) is 8.71. The van der Waals surface area contributed by atoms with Crippen LogP contribution in [0.5, 0.6) is 11.5 Å². The van der Waals surface area contributed by atoms with Crippen molar-refractivity contribution < 1.29 is 43.2 Å². The zero-order valence-corrected chi connectivity index (χ0v) is 20.5. The van der Waals surface area contributed by atoms with E-state index in [0.717, 1.165) is 12.3 Å². The summed E-state index contributed by atoms with van der Waals surface area (Å²) in [7, 11) is -3.59. The van der Waals surface area contributed by atoms with Gasteiger partial charge in [-0.1, -0.05) is 24.3 Å². The summed E-state index contributed by atoms with van der Waals surface area (Å²) in [6.45, 7) is 0.789. The summed E-state index contributed by atoms with van der Waals surface area (Å²) in [4.78, 5) is 22.7. The summed E-state index contributed by atoms with van der Waals surface area (Å²) in [6.07, 6.45) is -0.00728. The second-order valence-electron chi connectivity index (χ2n) is 8.11. The van der Waals surface area contributed by atoms with Gasteiger partial charge in [0.05, 0.1) is 29.2 Å². The highest BCUT2D eigenvalue weighted by Crippen LogP contribution is 2.28. The second-order valence-corrected chi connectivity index (χ2v) is 9.86. The van der Waals surface area contributed by atoms with E-state index >= 15 is 0 Å². The number of hydrogen-bond acceptors (Lipinski definition) is 8. The van der Waals surface area contributed by atoms with Gasteiger partial charge in [-0.05, 0) is 53.1 Å². The predicted octanol–water partition coefficient (Wildman–Crippen LogP) is 2.53. The Hall–Kier alpha value is -4.13. The fourth-order valence-electron chi connectivity index (χ4n) is 3.48. The van der Waals surface area contributed by atoms with Crippen LogP contribution in [0.4, 0.5) is 5.69 Å². The third-order valence-electron chi connectivity index (χ3n) is 5.25. The molecule has 0 spiro atoms. The molecule has 1 atom stereocenters. The number of ether oxygens (including phenoxy) is 1. The number of aliphatic hydroxyl groups is 1. The molecule has 0 aromatic heterocycles. The Bertz CT molecular complexity index is 1390. The molecule has 3 rings (SSSR count). The number of carboxylic acid groups (broad SMARTS) is 2. The van der Waals surface area contributed by atoms with Crippen LogP contribution in [0.3, 0.4) is 0 Å². The van der Waals surface area contributed by atoms with Gasteiger partial charge in [0.15, 0.2) is 0 Å². The minimum absolute atomic E-state index is 0.0286. The van der Waals surface area contributed by atoms with Crippen molar-refractivity contribution in [1.29, 1.82) is 0 Å². The fourth-order valence-corrected chi connectivity index (χ4v) is 4.04. The molecule has 0 saturated carbocycles. The van der Waals surface area contributed by atoms with E-state index in [1.807, 2.05) is 0 Å². The molecule has 1 unspecified atom stereocenters. The van der Waals surface area contributed by atoms with Crippen LogP contribution < -0.4 is 14.8 Å². The summed E-state index contributed by atoms with van der Waals surface area (Å²) < 4.78 is 30.7. The molecule has 0 fully saturated rings. The maximum Gasteiger partial charge on any atom is 0.336 e. The highest BCUT2D eigenvalue weighted by atomic mass is 32.2. The van der Waals surface area contributed by atoms with Gasteiger partial charge in [0.1, 0.15) is 18.1 Å². The van der Waals surface area contributed by atoms with Crippen molar-refractivity contribution in [2.45, 2.75) is 6.10 Å². The maximum absolute atomic E-state index is 11.6. The van der Waals surface area contributed by atoms with Crippen molar-refractivity contribution in [2.75, 3.05) is 30.7 Å². The lowest BCUT2D eigenvalue weighted by Crippen LogP contribution is -2.26. The smallest absolute Gasteiger partial charge is 0.336 e. The Balaban J connectivity index is 1.52. The number of carbonyl (C=O) groups is 2. The Morgan fingerprint density at radius 2 is 1.68 bits per heavy atom. The summed E-state index contributed by atoms with van der Waals surface area (Å²) in [5.74, 6) is -2.18. The summed E-state index contributed by atoms with van der Waals surface area (Å²) in [5, 5.41) is 41.7. The third-order valence-corrected chi connectivity index (χ3v) is 5.84. The molecular formula is C25H26N2O9S. The number of nitrogens with one attached hydrogen (secondary N) is 2. The number of rotatable bonds is 12. The van der Waals surface area contributed by atoms with Crippen LogP contribution in [0.1, 0.15) is 32.4 Å². The number of aromatic hydroxyl groups is 1. The highest BCUT2D eigenvalue weighted by Gasteiger charge is 2.16. The molecule has 11 nitrogen and oxygen atoms in total. The molecule has 37 heavy (non-hydrogen) atoms. The topological polar surface area (TPSA) is 182 Å². The molecule has 0 bridgehead atoms. The molecular weight excluding hydrogens is 504 g/mol. The van der Waals surface area contributed by atoms with E-state index in [1.165, 1.54) is 30.3 Å². The first-order valence-electron chi connectivity index (χ1n) is 11.0. The summed E-state index contributed by atoms with van der Waals surface area (Å²) in [6, 6.07) is 14.7. The SMILES string of the molecule is CS(=O)(=O)Nc1cc(C(O)CNCCOc2ccc(-c3ccc(C(=O)O)cc3C(=O)O)cc2)ccc1O. The van der Waals surface area contributed by atoms with Gasteiger partial charge in [-0.3, -0.25) is 4.72 Å². The number of aliphatic hydroxyl groups excluding tert-OH is 1. The molecule has 0 radical (unpaired) electrons. The van der Waals surface area contributed by atoms with Crippen molar-refractivity contribution in [2.24, 2.45) is 0 Å². The molecule has 6 N–H and O–H groups in total. The Morgan fingerprint density at radius 3 is 2.30 bits per heavy atom. The number of aromatic carboxylic acids is 2. The van der Waals surface area contributed by atoms with Gasteiger partial charge in [-0.15, -0.1) is 0 Å². The minimum atomic E-state index is -3.59. The predicted molar refractivity (Wildman–Crippen MR) is 136 cm³/mol. The molecule has 0 saturated heterocycles. The number of sulfonamides is 1. The average Bonchev–Trinajstić information content (AvgIpc) is 2.84. The number of hydrogen-bond donors (Lipinski definition) is 6. The van der Waals surface area contributed by atoms with Crippen LogP contribution in [-0.4, -0.2) is 66.7 Å². The fraction of sp³-hybridized carbons (Fsp3) is 0.200. The van der Waals surface area contributed by atoms with E-state index in [-0.39, 0.29) is 35.7 Å². The number of carboxylic acids is 2. The van der Waals surface area contributed by atoms with Crippen LogP contribution in [0.2, 0.25) is 0 Å². The quantitative estimate of drug-likeness (QED) is 0.150. The van der Waals surface area contributed by atoms with Gasteiger partial charge < -0.3 is 30.5 Å². The molecule has 3 aromatic carbocycles. The summed E-state index contributed by atoms with van der Waals surface area (Å²) >= 11 is 0. The monoisotopic (exact) mass is 530 g/mol. The van der Waals surface area contributed by atoms with Crippen molar-refractivity contribution in [1.82, 2.24) is 5.32 Å². The van der Waals surface area contributed by atoms with E-state index in [9.17, 15) is 33.3 Å². The first-order chi connectivity index (χ1) is 17.4. The number of phenolic OH excluding ortho intramolecular Hbond substituents is 1. The van der Waals surface area contributed by atoms with Gasteiger partial charge in [0, 0.05) is 13.1 Å². The molecule has 12 heteroatoms. The molecule has 0 aliphatic heterocycles. The molecule has 0 aliphatic carbocycles. The van der Waals surface area contributed by atoms with Crippen LogP contribution in [0, 0.1) is 0 Å². The van der Waals surface area contributed by atoms with Crippen molar-refractivity contribution >= 4 is 27.6 Å². The van der Waals surface area contributed by atoms with Gasteiger partial charge in [0.2, 0.25) is 10.0 Å². The van der Waals surface area contributed by atoms with Crippen molar-refractivity contribution in [3.05, 3.63) is 77.4 Å².